The number of hydrogen-bond acceptors (Lipinski definition) is 7. The predicted octanol–water partition coefficient (Wildman–Crippen LogP) is 2.13. The first kappa shape index (κ1) is 19.8. The van der Waals surface area contributed by atoms with E-state index < -0.39 is 21.7 Å². The molecule has 1 aliphatic heterocycles. The molecule has 10 heteroatoms. The molecule has 3 aromatic rings. The van der Waals surface area contributed by atoms with Gasteiger partial charge in [-0.1, -0.05) is 29.4 Å². The van der Waals surface area contributed by atoms with Crippen LogP contribution in [0.5, 0.6) is 0 Å². The van der Waals surface area contributed by atoms with Gasteiger partial charge in [0, 0.05) is 30.5 Å². The SMILES string of the molecule is CS(=O)(=O)c1cccc(-c2nnc(NC(=O)[C@@H]3CC(=O)N(c4ccccc4)C3)o2)c1. The summed E-state index contributed by atoms with van der Waals surface area (Å²) in [6, 6.07) is 15.1. The van der Waals surface area contributed by atoms with Gasteiger partial charge in [-0.3, -0.25) is 14.9 Å². The van der Waals surface area contributed by atoms with Gasteiger partial charge in [0.1, 0.15) is 0 Å². The average molecular weight is 426 g/mol. The molecule has 2 aromatic carbocycles. The van der Waals surface area contributed by atoms with E-state index in [1.54, 1.807) is 17.0 Å². The Hall–Kier alpha value is -3.53. The number of amides is 2. The molecular formula is C20H18N4O5S. The summed E-state index contributed by atoms with van der Waals surface area (Å²) >= 11 is 0. The van der Waals surface area contributed by atoms with Gasteiger partial charge in [0.25, 0.3) is 0 Å². The van der Waals surface area contributed by atoms with Crippen LogP contribution in [0.25, 0.3) is 11.5 Å². The van der Waals surface area contributed by atoms with Crippen LogP contribution in [0.4, 0.5) is 11.7 Å². The molecule has 9 nitrogen and oxygen atoms in total. The van der Waals surface area contributed by atoms with Crippen LogP contribution in [0.3, 0.4) is 0 Å². The van der Waals surface area contributed by atoms with Crippen LogP contribution in [0.15, 0.2) is 63.9 Å². The van der Waals surface area contributed by atoms with Crippen molar-refractivity contribution in [3.8, 4) is 11.5 Å². The lowest BCUT2D eigenvalue weighted by molar-refractivity contribution is -0.122. The lowest BCUT2D eigenvalue weighted by atomic mass is 10.1. The smallest absolute Gasteiger partial charge is 0.322 e. The van der Waals surface area contributed by atoms with E-state index in [1.165, 1.54) is 12.1 Å². The lowest BCUT2D eigenvalue weighted by Crippen LogP contribution is -2.28. The molecule has 0 radical (unpaired) electrons. The summed E-state index contributed by atoms with van der Waals surface area (Å²) in [5.74, 6) is -1.02. The van der Waals surface area contributed by atoms with E-state index in [-0.39, 0.29) is 35.7 Å². The number of nitrogens with zero attached hydrogens (tertiary/aromatic N) is 3. The molecule has 1 atom stereocenters. The number of benzene rings is 2. The maximum atomic E-state index is 12.6. The fraction of sp³-hybridized carbons (Fsp3) is 0.200. The number of rotatable bonds is 5. The summed E-state index contributed by atoms with van der Waals surface area (Å²) in [5.41, 5.74) is 1.15. The second-order valence-electron chi connectivity index (χ2n) is 6.94. The Morgan fingerprint density at radius 2 is 1.90 bits per heavy atom. The molecule has 0 saturated carbocycles. The molecule has 0 aliphatic carbocycles. The van der Waals surface area contributed by atoms with Gasteiger partial charge in [0.05, 0.1) is 10.8 Å². The quantitative estimate of drug-likeness (QED) is 0.663. The number of para-hydroxylation sites is 1. The van der Waals surface area contributed by atoms with Gasteiger partial charge in [-0.2, -0.15) is 0 Å². The van der Waals surface area contributed by atoms with Crippen molar-refractivity contribution >= 4 is 33.4 Å². The third-order valence-corrected chi connectivity index (χ3v) is 5.84. The molecule has 2 heterocycles. The Morgan fingerprint density at radius 3 is 2.63 bits per heavy atom. The van der Waals surface area contributed by atoms with E-state index in [1.807, 2.05) is 30.3 Å². The number of aromatic nitrogens is 2. The number of carbonyl (C=O) groups excluding carboxylic acids is 2. The van der Waals surface area contributed by atoms with Gasteiger partial charge >= 0.3 is 6.01 Å². The van der Waals surface area contributed by atoms with Crippen LogP contribution in [-0.4, -0.2) is 43.2 Å². The summed E-state index contributed by atoms with van der Waals surface area (Å²) < 4.78 is 28.9. The van der Waals surface area contributed by atoms with Crippen LogP contribution in [0, 0.1) is 5.92 Å². The fourth-order valence-electron chi connectivity index (χ4n) is 3.20. The van der Waals surface area contributed by atoms with Crippen molar-refractivity contribution < 1.29 is 22.4 Å². The van der Waals surface area contributed by atoms with Crippen molar-refractivity contribution in [2.75, 3.05) is 23.0 Å². The standard InChI is InChI=1S/C20H18N4O5S/c1-30(27,28)16-9-5-6-13(10-16)19-22-23-20(29-19)21-18(26)14-11-17(25)24(12-14)15-7-3-2-4-8-15/h2-10,14H,11-12H2,1H3,(H,21,23,26)/t14-/m1/s1. The molecule has 154 valence electrons. The minimum absolute atomic E-state index is 0.0733. The van der Waals surface area contributed by atoms with E-state index in [9.17, 15) is 18.0 Å². The lowest BCUT2D eigenvalue weighted by Gasteiger charge is -2.16. The largest absolute Gasteiger partial charge is 0.403 e. The van der Waals surface area contributed by atoms with E-state index >= 15 is 0 Å². The minimum atomic E-state index is -3.39. The van der Waals surface area contributed by atoms with Crippen molar-refractivity contribution in [2.24, 2.45) is 5.92 Å². The Morgan fingerprint density at radius 1 is 1.13 bits per heavy atom. The second kappa shape index (κ2) is 7.71. The van der Waals surface area contributed by atoms with Crippen molar-refractivity contribution in [3.05, 3.63) is 54.6 Å². The Labute approximate surface area is 172 Å². The minimum Gasteiger partial charge on any atom is -0.403 e. The average Bonchev–Trinajstić information content (AvgIpc) is 3.35. The van der Waals surface area contributed by atoms with Crippen molar-refractivity contribution in [1.82, 2.24) is 10.2 Å². The van der Waals surface area contributed by atoms with Gasteiger partial charge in [-0.15, -0.1) is 5.10 Å². The first-order chi connectivity index (χ1) is 14.3. The molecular weight excluding hydrogens is 408 g/mol. The zero-order valence-electron chi connectivity index (χ0n) is 16.0. The summed E-state index contributed by atoms with van der Waals surface area (Å²) in [6.45, 7) is 0.256. The monoisotopic (exact) mass is 426 g/mol. The number of nitrogens with one attached hydrogen (secondary N) is 1. The molecule has 2 amide bonds. The van der Waals surface area contributed by atoms with Crippen LogP contribution in [0.1, 0.15) is 6.42 Å². The topological polar surface area (TPSA) is 122 Å². The predicted molar refractivity (Wildman–Crippen MR) is 108 cm³/mol. The van der Waals surface area contributed by atoms with E-state index in [0.29, 0.717) is 5.56 Å². The van der Waals surface area contributed by atoms with Gasteiger partial charge in [-0.05, 0) is 30.3 Å². The van der Waals surface area contributed by atoms with Gasteiger partial charge in [0.15, 0.2) is 9.84 Å². The van der Waals surface area contributed by atoms with Crippen LogP contribution in [0.2, 0.25) is 0 Å². The third-order valence-electron chi connectivity index (χ3n) is 4.73. The number of carbonyl (C=O) groups is 2. The molecule has 1 N–H and O–H groups in total. The van der Waals surface area contributed by atoms with Crippen LogP contribution >= 0.6 is 0 Å². The second-order valence-corrected chi connectivity index (χ2v) is 8.96. The zero-order valence-corrected chi connectivity index (χ0v) is 16.8. The summed E-state index contributed by atoms with van der Waals surface area (Å²) in [6.07, 6.45) is 1.19. The van der Waals surface area contributed by atoms with E-state index in [2.05, 4.69) is 15.5 Å². The molecule has 1 saturated heterocycles. The molecule has 0 unspecified atom stereocenters. The van der Waals surface area contributed by atoms with Gasteiger partial charge < -0.3 is 9.32 Å². The molecule has 30 heavy (non-hydrogen) atoms. The maximum Gasteiger partial charge on any atom is 0.322 e. The van der Waals surface area contributed by atoms with Crippen molar-refractivity contribution in [1.29, 1.82) is 0 Å². The summed E-state index contributed by atoms with van der Waals surface area (Å²) in [7, 11) is -3.39. The first-order valence-corrected chi connectivity index (χ1v) is 11.0. The van der Waals surface area contributed by atoms with Crippen LogP contribution < -0.4 is 10.2 Å². The van der Waals surface area contributed by atoms with E-state index in [4.69, 9.17) is 4.42 Å². The third kappa shape index (κ3) is 4.08. The van der Waals surface area contributed by atoms with Crippen molar-refractivity contribution in [2.45, 2.75) is 11.3 Å². The Balaban J connectivity index is 1.46. The normalized spacial score (nSPS) is 16.6. The van der Waals surface area contributed by atoms with E-state index in [0.717, 1.165) is 11.9 Å². The Kier molecular flexibility index (Phi) is 5.08. The fourth-order valence-corrected chi connectivity index (χ4v) is 3.87. The highest BCUT2D eigenvalue weighted by atomic mass is 32.2. The molecule has 1 fully saturated rings. The zero-order chi connectivity index (χ0) is 21.3. The number of hydrogen-bond donors (Lipinski definition) is 1. The summed E-state index contributed by atoms with van der Waals surface area (Å²) in [4.78, 5) is 26.6. The maximum absolute atomic E-state index is 12.6. The highest BCUT2D eigenvalue weighted by molar-refractivity contribution is 7.90. The Bertz CT molecular complexity index is 1210. The molecule has 0 spiro atoms. The van der Waals surface area contributed by atoms with Crippen LogP contribution in [-0.2, 0) is 19.4 Å². The van der Waals surface area contributed by atoms with Crippen molar-refractivity contribution in [3.63, 3.8) is 0 Å². The van der Waals surface area contributed by atoms with Gasteiger partial charge in [0.2, 0.25) is 17.7 Å². The molecule has 0 bridgehead atoms. The highest BCUT2D eigenvalue weighted by Crippen LogP contribution is 2.27. The number of anilines is 2. The summed E-state index contributed by atoms with van der Waals surface area (Å²) in [5, 5.41) is 10.2. The number of sulfone groups is 1. The molecule has 1 aromatic heterocycles. The first-order valence-electron chi connectivity index (χ1n) is 9.11. The highest BCUT2D eigenvalue weighted by Gasteiger charge is 2.35. The molecule has 1 aliphatic rings. The van der Waals surface area contributed by atoms with Gasteiger partial charge in [-0.25, -0.2) is 8.42 Å². The molecule has 4 rings (SSSR count).